The van der Waals surface area contributed by atoms with Crippen LogP contribution in [-0.4, -0.2) is 42.4 Å². The summed E-state index contributed by atoms with van der Waals surface area (Å²) in [7, 11) is 0. The van der Waals surface area contributed by atoms with Gasteiger partial charge in [-0.2, -0.15) is 0 Å². The van der Waals surface area contributed by atoms with Crippen LogP contribution < -0.4 is 0 Å². The van der Waals surface area contributed by atoms with Crippen LogP contribution in [0.5, 0.6) is 0 Å². The molecule has 0 amide bonds. The topological polar surface area (TPSA) is 16.1 Å². The molecule has 4 heteroatoms. The Balaban J connectivity index is 1.49. The van der Waals surface area contributed by atoms with E-state index in [-0.39, 0.29) is 6.42 Å². The van der Waals surface area contributed by atoms with Crippen LogP contribution in [-0.2, 0) is 19.3 Å². The minimum Gasteiger partial charge on any atom is -0.303 e. The van der Waals surface area contributed by atoms with Gasteiger partial charge < -0.3 is 4.90 Å². The van der Waals surface area contributed by atoms with Crippen molar-refractivity contribution < 1.29 is 8.78 Å². The smallest absolute Gasteiger partial charge is 0.129 e. The number of pyridine rings is 1. The molecule has 25 heavy (non-hydrogen) atoms. The Morgan fingerprint density at radius 1 is 1.12 bits per heavy atom. The average molecular weight is 350 g/mol. The third kappa shape index (κ3) is 5.73. The predicted molar refractivity (Wildman–Crippen MR) is 98.5 cm³/mol. The van der Waals surface area contributed by atoms with Crippen molar-refractivity contribution in [3.8, 4) is 0 Å². The average Bonchev–Trinajstić information content (AvgIpc) is 2.87. The van der Waals surface area contributed by atoms with Crippen molar-refractivity contribution in [3.05, 3.63) is 29.1 Å². The summed E-state index contributed by atoms with van der Waals surface area (Å²) in [5.74, 6) is 0.938. The lowest BCUT2D eigenvalue weighted by Crippen LogP contribution is -2.29. The second-order valence-corrected chi connectivity index (χ2v) is 7.83. The summed E-state index contributed by atoms with van der Waals surface area (Å²) in [5.41, 5.74) is 3.42. The number of aromatic nitrogens is 1. The molecule has 2 aliphatic rings. The summed E-state index contributed by atoms with van der Waals surface area (Å²) < 4.78 is 25.4. The second kappa shape index (κ2) is 9.61. The molecular formula is C21H32F2N2. The molecule has 2 nitrogen and oxygen atoms in total. The molecule has 0 spiro atoms. The van der Waals surface area contributed by atoms with Crippen LogP contribution >= 0.6 is 0 Å². The first-order chi connectivity index (χ1) is 12.2. The second-order valence-electron chi connectivity index (χ2n) is 7.83. The maximum Gasteiger partial charge on any atom is 0.129 e. The van der Waals surface area contributed by atoms with Crippen molar-refractivity contribution in [2.24, 2.45) is 5.92 Å². The Kier molecular flexibility index (Phi) is 7.21. The van der Waals surface area contributed by atoms with Crippen molar-refractivity contribution >= 4 is 0 Å². The van der Waals surface area contributed by atoms with Gasteiger partial charge in [-0.1, -0.05) is 38.2 Å². The van der Waals surface area contributed by atoms with Crippen LogP contribution in [0.25, 0.3) is 0 Å². The number of nitrogens with zero attached hydrogens (tertiary/aromatic N) is 2. The van der Waals surface area contributed by atoms with E-state index in [1.165, 1.54) is 56.3 Å². The summed E-state index contributed by atoms with van der Waals surface area (Å²) in [6.45, 7) is 2.52. The maximum atomic E-state index is 13.1. The van der Waals surface area contributed by atoms with Gasteiger partial charge in [0.2, 0.25) is 0 Å². The Bertz CT molecular complexity index is 529. The van der Waals surface area contributed by atoms with Crippen LogP contribution in [0, 0.1) is 5.92 Å². The van der Waals surface area contributed by atoms with E-state index in [4.69, 9.17) is 4.98 Å². The number of rotatable bonds is 7. The van der Waals surface area contributed by atoms with Gasteiger partial charge in [-0.15, -0.1) is 0 Å². The van der Waals surface area contributed by atoms with Gasteiger partial charge in [-0.3, -0.25) is 4.98 Å². The summed E-state index contributed by atoms with van der Waals surface area (Å²) in [6, 6.07) is 4.16. The van der Waals surface area contributed by atoms with E-state index >= 15 is 0 Å². The monoisotopic (exact) mass is 350 g/mol. The first kappa shape index (κ1) is 18.8. The van der Waals surface area contributed by atoms with E-state index in [0.717, 1.165) is 37.5 Å². The summed E-state index contributed by atoms with van der Waals surface area (Å²) >= 11 is 0. The number of hydrogen-bond acceptors (Lipinski definition) is 2. The Hall–Kier alpha value is -1.03. The third-order valence-corrected chi connectivity index (χ3v) is 5.95. The summed E-state index contributed by atoms with van der Waals surface area (Å²) in [4.78, 5) is 7.34. The lowest BCUT2D eigenvalue weighted by molar-refractivity contribution is 0.239. The molecule has 1 aromatic rings. The largest absolute Gasteiger partial charge is 0.303 e. The molecule has 1 aliphatic heterocycles. The first-order valence-corrected chi connectivity index (χ1v) is 10.1. The molecule has 1 unspecified atom stereocenters. The van der Waals surface area contributed by atoms with E-state index in [9.17, 15) is 8.78 Å². The van der Waals surface area contributed by atoms with Gasteiger partial charge in [-0.25, -0.2) is 8.78 Å². The van der Waals surface area contributed by atoms with Crippen molar-refractivity contribution in [2.45, 2.75) is 70.4 Å². The maximum absolute atomic E-state index is 13.1. The molecule has 0 N–H and O–H groups in total. The molecular weight excluding hydrogens is 318 g/mol. The molecule has 0 radical (unpaired) electrons. The molecule has 1 fully saturated rings. The number of halogens is 2. The summed E-state index contributed by atoms with van der Waals surface area (Å²) in [6.07, 6.45) is 9.92. The number of alkyl halides is 2. The first-order valence-electron chi connectivity index (χ1n) is 10.1. The fourth-order valence-corrected chi connectivity index (χ4v) is 4.26. The molecule has 1 aliphatic carbocycles. The lowest BCUT2D eigenvalue weighted by Gasteiger charge is -2.26. The molecule has 1 atom stereocenters. The zero-order valence-electron chi connectivity index (χ0n) is 15.4. The molecule has 1 aromatic heterocycles. The highest BCUT2D eigenvalue weighted by molar-refractivity contribution is 5.25. The van der Waals surface area contributed by atoms with Crippen molar-refractivity contribution in [1.82, 2.24) is 9.88 Å². The van der Waals surface area contributed by atoms with Crippen molar-refractivity contribution in [1.29, 1.82) is 0 Å². The molecule has 3 rings (SSSR count). The van der Waals surface area contributed by atoms with Crippen LogP contribution in [0.4, 0.5) is 8.78 Å². The zero-order chi connectivity index (χ0) is 17.5. The molecule has 2 heterocycles. The third-order valence-electron chi connectivity index (χ3n) is 5.95. The van der Waals surface area contributed by atoms with E-state index < -0.39 is 12.8 Å². The van der Waals surface area contributed by atoms with E-state index in [2.05, 4.69) is 11.0 Å². The van der Waals surface area contributed by atoms with Gasteiger partial charge in [0.1, 0.15) is 12.8 Å². The van der Waals surface area contributed by atoms with E-state index in [1.807, 2.05) is 6.07 Å². The quantitative estimate of drug-likeness (QED) is 0.709. The highest BCUT2D eigenvalue weighted by atomic mass is 19.2. The minimum atomic E-state index is -1.35. The highest BCUT2D eigenvalue weighted by Crippen LogP contribution is 2.26. The van der Waals surface area contributed by atoms with Gasteiger partial charge in [0.15, 0.2) is 0 Å². The Labute approximate surface area is 151 Å². The van der Waals surface area contributed by atoms with E-state index in [1.54, 1.807) is 0 Å². The molecule has 0 saturated heterocycles. The van der Waals surface area contributed by atoms with Crippen molar-refractivity contribution in [3.63, 3.8) is 0 Å². The van der Waals surface area contributed by atoms with Gasteiger partial charge in [0, 0.05) is 30.9 Å². The number of aryl methyl sites for hydroxylation is 1. The van der Waals surface area contributed by atoms with Crippen LogP contribution in [0.3, 0.4) is 0 Å². The zero-order valence-corrected chi connectivity index (χ0v) is 15.4. The van der Waals surface area contributed by atoms with Gasteiger partial charge in [-0.05, 0) is 49.8 Å². The van der Waals surface area contributed by atoms with Crippen LogP contribution in [0.1, 0.15) is 61.9 Å². The SMILES string of the molecule is FCC(F)CCc1ccc2c(n1)CCN(CCC1CCCCC1)CC2. The van der Waals surface area contributed by atoms with E-state index in [0.29, 0.717) is 6.42 Å². The minimum absolute atomic E-state index is 0.232. The van der Waals surface area contributed by atoms with Crippen LogP contribution in [0.2, 0.25) is 0 Å². The van der Waals surface area contributed by atoms with Crippen LogP contribution in [0.15, 0.2) is 12.1 Å². The summed E-state index contributed by atoms with van der Waals surface area (Å²) in [5, 5.41) is 0. The molecule has 0 aromatic carbocycles. The predicted octanol–water partition coefficient (Wildman–Crippen LogP) is 4.69. The Morgan fingerprint density at radius 2 is 1.92 bits per heavy atom. The van der Waals surface area contributed by atoms with Gasteiger partial charge in [0.25, 0.3) is 0 Å². The number of hydrogen-bond donors (Lipinski definition) is 0. The number of fused-ring (bicyclic) bond motifs is 1. The lowest BCUT2D eigenvalue weighted by atomic mass is 9.87. The molecule has 140 valence electrons. The van der Waals surface area contributed by atoms with Gasteiger partial charge in [0.05, 0.1) is 0 Å². The normalized spacial score (nSPS) is 20.9. The highest BCUT2D eigenvalue weighted by Gasteiger charge is 2.18. The van der Waals surface area contributed by atoms with Crippen molar-refractivity contribution in [2.75, 3.05) is 26.3 Å². The molecule has 1 saturated carbocycles. The molecule has 0 bridgehead atoms. The standard InChI is InChI=1S/C21H32F2N2/c22-16-19(23)7-9-20-8-6-18-11-14-25(15-12-21(18)24-20)13-10-17-4-2-1-3-5-17/h6,8,17,19H,1-5,7,9-16H2. The Morgan fingerprint density at radius 3 is 2.72 bits per heavy atom. The fraction of sp³-hybridized carbons (Fsp3) is 0.762. The van der Waals surface area contributed by atoms with Gasteiger partial charge >= 0.3 is 0 Å². The fourth-order valence-electron chi connectivity index (χ4n) is 4.26.